The third-order valence-electron chi connectivity index (χ3n) is 2.84. The summed E-state index contributed by atoms with van der Waals surface area (Å²) in [5, 5.41) is 11.4. The highest BCUT2D eigenvalue weighted by Crippen LogP contribution is 2.38. The first-order chi connectivity index (χ1) is 5.90. The molecule has 12 heavy (non-hydrogen) atoms. The van der Waals surface area contributed by atoms with E-state index >= 15 is 0 Å². The normalized spacial score (nSPS) is 38.4. The summed E-state index contributed by atoms with van der Waals surface area (Å²) in [4.78, 5) is 0. The monoisotopic (exact) mass is 166 g/mol. The molecule has 3 heteroatoms. The number of nitriles is 1. The Morgan fingerprint density at radius 3 is 3.00 bits per heavy atom. The quantitative estimate of drug-likeness (QED) is 0.495. The standard InChI is InChI=1S/C9H14N2O/c10-3-4-11-6-7-5-8-1-2-9(7)12-8/h7-9,11H,1-2,4-6H2. The molecule has 3 atom stereocenters. The summed E-state index contributed by atoms with van der Waals surface area (Å²) in [5.74, 6) is 0.664. The summed E-state index contributed by atoms with van der Waals surface area (Å²) in [5.41, 5.74) is 0. The average Bonchev–Trinajstić information content (AvgIpc) is 2.65. The Labute approximate surface area is 72.7 Å². The highest BCUT2D eigenvalue weighted by atomic mass is 16.5. The van der Waals surface area contributed by atoms with Crippen LogP contribution in [0, 0.1) is 17.2 Å². The van der Waals surface area contributed by atoms with Crippen LogP contribution in [-0.2, 0) is 4.74 Å². The van der Waals surface area contributed by atoms with Gasteiger partial charge in [0.2, 0.25) is 0 Å². The molecule has 2 aliphatic rings. The van der Waals surface area contributed by atoms with Crippen LogP contribution in [0.25, 0.3) is 0 Å². The van der Waals surface area contributed by atoms with Gasteiger partial charge in [-0.2, -0.15) is 5.26 Å². The summed E-state index contributed by atoms with van der Waals surface area (Å²) >= 11 is 0. The van der Waals surface area contributed by atoms with E-state index in [9.17, 15) is 0 Å². The molecule has 2 aliphatic heterocycles. The zero-order valence-electron chi connectivity index (χ0n) is 7.12. The Morgan fingerprint density at radius 1 is 1.50 bits per heavy atom. The number of ether oxygens (including phenoxy) is 1. The maximum absolute atomic E-state index is 8.33. The molecule has 2 bridgehead atoms. The van der Waals surface area contributed by atoms with Gasteiger partial charge in [-0.15, -0.1) is 0 Å². The minimum Gasteiger partial charge on any atom is -0.375 e. The minimum atomic E-state index is 0.466. The van der Waals surface area contributed by atoms with E-state index in [1.807, 2.05) is 0 Å². The van der Waals surface area contributed by atoms with Crippen LogP contribution in [0.1, 0.15) is 19.3 Å². The molecule has 2 heterocycles. The molecule has 0 saturated carbocycles. The Hall–Kier alpha value is -0.590. The zero-order valence-corrected chi connectivity index (χ0v) is 7.12. The van der Waals surface area contributed by atoms with Gasteiger partial charge in [0.15, 0.2) is 0 Å². The van der Waals surface area contributed by atoms with Crippen LogP contribution in [0.5, 0.6) is 0 Å². The minimum absolute atomic E-state index is 0.466. The highest BCUT2D eigenvalue weighted by Gasteiger charge is 2.40. The SMILES string of the molecule is N#CCNCC1CC2CCC1O2. The molecule has 2 fully saturated rings. The third kappa shape index (κ3) is 1.45. The van der Waals surface area contributed by atoms with E-state index in [-0.39, 0.29) is 0 Å². The van der Waals surface area contributed by atoms with Crippen molar-refractivity contribution in [2.45, 2.75) is 31.5 Å². The van der Waals surface area contributed by atoms with E-state index in [0.29, 0.717) is 24.7 Å². The maximum Gasteiger partial charge on any atom is 0.0841 e. The molecule has 0 amide bonds. The number of nitrogens with one attached hydrogen (secondary N) is 1. The average molecular weight is 166 g/mol. The van der Waals surface area contributed by atoms with E-state index in [2.05, 4.69) is 11.4 Å². The predicted octanol–water partition coefficient (Wildman–Crippen LogP) is 0.667. The molecule has 1 N–H and O–H groups in total. The lowest BCUT2D eigenvalue weighted by molar-refractivity contribution is 0.0926. The Bertz CT molecular complexity index is 199. The maximum atomic E-state index is 8.33. The molecular weight excluding hydrogens is 152 g/mol. The van der Waals surface area contributed by atoms with Crippen molar-refractivity contribution in [3.63, 3.8) is 0 Å². The zero-order chi connectivity index (χ0) is 8.39. The van der Waals surface area contributed by atoms with Gasteiger partial charge >= 0.3 is 0 Å². The van der Waals surface area contributed by atoms with Gasteiger partial charge in [-0.05, 0) is 19.3 Å². The van der Waals surface area contributed by atoms with Crippen molar-refractivity contribution < 1.29 is 4.74 Å². The second-order valence-electron chi connectivity index (χ2n) is 3.66. The Kier molecular flexibility index (Phi) is 2.29. The second kappa shape index (κ2) is 3.42. The van der Waals surface area contributed by atoms with E-state index in [0.717, 1.165) is 6.54 Å². The van der Waals surface area contributed by atoms with Crippen molar-refractivity contribution in [1.82, 2.24) is 5.32 Å². The summed E-state index contributed by atoms with van der Waals surface area (Å²) < 4.78 is 5.69. The van der Waals surface area contributed by atoms with Crippen molar-refractivity contribution in [1.29, 1.82) is 5.26 Å². The lowest BCUT2D eigenvalue weighted by Gasteiger charge is -2.17. The molecule has 0 aromatic rings. The Morgan fingerprint density at radius 2 is 2.42 bits per heavy atom. The summed E-state index contributed by atoms with van der Waals surface area (Å²) in [7, 11) is 0. The lowest BCUT2D eigenvalue weighted by atomic mass is 9.89. The van der Waals surface area contributed by atoms with Crippen LogP contribution in [0.3, 0.4) is 0 Å². The lowest BCUT2D eigenvalue weighted by Crippen LogP contribution is -2.29. The first-order valence-electron chi connectivity index (χ1n) is 4.63. The van der Waals surface area contributed by atoms with E-state index in [1.165, 1.54) is 19.3 Å². The molecule has 2 rings (SSSR count). The molecule has 3 unspecified atom stereocenters. The van der Waals surface area contributed by atoms with Gasteiger partial charge in [0, 0.05) is 12.5 Å². The van der Waals surface area contributed by atoms with Gasteiger partial charge in [-0.1, -0.05) is 0 Å². The van der Waals surface area contributed by atoms with Crippen LogP contribution < -0.4 is 5.32 Å². The fraction of sp³-hybridized carbons (Fsp3) is 0.889. The van der Waals surface area contributed by atoms with E-state index in [1.54, 1.807) is 0 Å². The number of rotatable bonds is 3. The summed E-state index contributed by atoms with van der Waals surface area (Å²) in [6, 6.07) is 2.08. The Balaban J connectivity index is 1.73. The van der Waals surface area contributed by atoms with Gasteiger partial charge in [0.1, 0.15) is 0 Å². The molecule has 0 aliphatic carbocycles. The highest BCUT2D eigenvalue weighted by molar-refractivity contribution is 4.90. The topological polar surface area (TPSA) is 45.0 Å². The van der Waals surface area contributed by atoms with Crippen LogP contribution in [0.2, 0.25) is 0 Å². The largest absolute Gasteiger partial charge is 0.375 e. The molecule has 2 saturated heterocycles. The molecule has 3 nitrogen and oxygen atoms in total. The smallest absolute Gasteiger partial charge is 0.0841 e. The number of hydrogen-bond acceptors (Lipinski definition) is 3. The first-order valence-corrected chi connectivity index (χ1v) is 4.63. The van der Waals surface area contributed by atoms with Crippen molar-refractivity contribution in [2.75, 3.05) is 13.1 Å². The van der Waals surface area contributed by atoms with Crippen LogP contribution in [0.15, 0.2) is 0 Å². The predicted molar refractivity (Wildman–Crippen MR) is 44.5 cm³/mol. The molecule has 0 aromatic heterocycles. The van der Waals surface area contributed by atoms with E-state index < -0.39 is 0 Å². The van der Waals surface area contributed by atoms with Crippen molar-refractivity contribution in [3.05, 3.63) is 0 Å². The van der Waals surface area contributed by atoms with E-state index in [4.69, 9.17) is 10.00 Å². The third-order valence-corrected chi connectivity index (χ3v) is 2.84. The first kappa shape index (κ1) is 8.03. The molecule has 0 radical (unpaired) electrons. The molecule has 0 aromatic carbocycles. The van der Waals surface area contributed by atoms with Crippen molar-refractivity contribution in [3.8, 4) is 6.07 Å². The number of nitrogens with zero attached hydrogens (tertiary/aromatic N) is 1. The number of fused-ring (bicyclic) bond motifs is 2. The van der Waals surface area contributed by atoms with Crippen LogP contribution in [-0.4, -0.2) is 25.3 Å². The van der Waals surface area contributed by atoms with Gasteiger partial charge in [0.05, 0.1) is 24.8 Å². The van der Waals surface area contributed by atoms with Crippen molar-refractivity contribution >= 4 is 0 Å². The summed E-state index contributed by atoms with van der Waals surface area (Å²) in [6.45, 7) is 1.42. The van der Waals surface area contributed by atoms with Crippen LogP contribution in [0.4, 0.5) is 0 Å². The molecule has 0 spiro atoms. The number of hydrogen-bond donors (Lipinski definition) is 1. The van der Waals surface area contributed by atoms with Crippen molar-refractivity contribution in [2.24, 2.45) is 5.92 Å². The fourth-order valence-electron chi connectivity index (χ4n) is 2.27. The summed E-state index contributed by atoms with van der Waals surface area (Å²) in [6.07, 6.45) is 4.69. The molecule has 66 valence electrons. The van der Waals surface area contributed by atoms with Gasteiger partial charge in [-0.25, -0.2) is 0 Å². The molecular formula is C9H14N2O. The second-order valence-corrected chi connectivity index (χ2v) is 3.66. The van der Waals surface area contributed by atoms with Gasteiger partial charge in [-0.3, -0.25) is 0 Å². The fourth-order valence-corrected chi connectivity index (χ4v) is 2.27. The van der Waals surface area contributed by atoms with Gasteiger partial charge < -0.3 is 10.1 Å². The van der Waals surface area contributed by atoms with Crippen LogP contribution >= 0.6 is 0 Å². The van der Waals surface area contributed by atoms with Gasteiger partial charge in [0.25, 0.3) is 0 Å².